The number of hydrogen-bond acceptors (Lipinski definition) is 2. The zero-order valence-electron chi connectivity index (χ0n) is 8.23. The second-order valence-electron chi connectivity index (χ2n) is 3.24. The Morgan fingerprint density at radius 1 is 1.14 bits per heavy atom. The molecule has 2 nitrogen and oxygen atoms in total. The molecule has 0 aromatic heterocycles. The van der Waals surface area contributed by atoms with Gasteiger partial charge in [-0.2, -0.15) is 0 Å². The maximum atomic E-state index is 5.32. The molecule has 0 N–H and O–H groups in total. The van der Waals surface area contributed by atoms with Gasteiger partial charge in [0.25, 0.3) is 0 Å². The van der Waals surface area contributed by atoms with E-state index < -0.39 is 0 Å². The molecule has 1 aliphatic carbocycles. The van der Waals surface area contributed by atoms with Gasteiger partial charge in [0.15, 0.2) is 10.8 Å². The van der Waals surface area contributed by atoms with Crippen LogP contribution in [0.1, 0.15) is 0 Å². The van der Waals surface area contributed by atoms with E-state index in [1.165, 1.54) is 5.71 Å². The van der Waals surface area contributed by atoms with Crippen molar-refractivity contribution in [3.8, 4) is 0 Å². The van der Waals surface area contributed by atoms with E-state index in [9.17, 15) is 0 Å². The Morgan fingerprint density at radius 2 is 1.86 bits per heavy atom. The Kier molecular flexibility index (Phi) is 2.59. The van der Waals surface area contributed by atoms with E-state index in [0.29, 0.717) is 0 Å². The maximum Gasteiger partial charge on any atom is 0.199 e. The van der Waals surface area contributed by atoms with Crippen molar-refractivity contribution in [2.24, 2.45) is 0 Å². The molecule has 0 aromatic rings. The van der Waals surface area contributed by atoms with Crippen LogP contribution in [0, 0.1) is 0 Å². The summed E-state index contributed by atoms with van der Waals surface area (Å²) >= 11 is 1.61. The van der Waals surface area contributed by atoms with E-state index in [2.05, 4.69) is 28.9 Å². The molecule has 0 saturated carbocycles. The van der Waals surface area contributed by atoms with Crippen LogP contribution >= 0.6 is 11.8 Å². The molecule has 72 valence electrons. The van der Waals surface area contributed by atoms with E-state index in [1.807, 2.05) is 19.5 Å². The maximum absolute atomic E-state index is 5.32. The number of hydrogen-bond donors (Lipinski definition) is 0. The molecule has 3 heteroatoms. The predicted octanol–water partition coefficient (Wildman–Crippen LogP) is 2.27. The van der Waals surface area contributed by atoms with Gasteiger partial charge in [-0.25, -0.2) is 4.58 Å². The molecule has 0 aromatic carbocycles. The summed E-state index contributed by atoms with van der Waals surface area (Å²) in [5.74, 6) is 0. The summed E-state index contributed by atoms with van der Waals surface area (Å²) in [6.07, 6.45) is 10.0. The van der Waals surface area contributed by atoms with Crippen molar-refractivity contribution in [1.29, 1.82) is 0 Å². The fourth-order valence-electron chi connectivity index (χ4n) is 1.24. The van der Waals surface area contributed by atoms with Crippen molar-refractivity contribution in [1.82, 2.24) is 0 Å². The van der Waals surface area contributed by atoms with Gasteiger partial charge >= 0.3 is 0 Å². The highest BCUT2D eigenvalue weighted by atomic mass is 32.2. The van der Waals surface area contributed by atoms with Crippen LogP contribution in [0.3, 0.4) is 0 Å². The number of rotatable bonds is 0. The quantitative estimate of drug-likeness (QED) is 0.564. The second-order valence-corrected chi connectivity index (χ2v) is 4.12. The van der Waals surface area contributed by atoms with Crippen molar-refractivity contribution in [2.75, 3.05) is 14.1 Å². The van der Waals surface area contributed by atoms with Crippen LogP contribution < -0.4 is 0 Å². The lowest BCUT2D eigenvalue weighted by Gasteiger charge is -2.04. The highest BCUT2D eigenvalue weighted by molar-refractivity contribution is 8.05. The minimum atomic E-state index is 0.954. The molecule has 1 heterocycles. The molecule has 2 aliphatic rings. The van der Waals surface area contributed by atoms with Gasteiger partial charge in [0, 0.05) is 23.1 Å². The summed E-state index contributed by atoms with van der Waals surface area (Å²) in [7, 11) is 4.06. The third-order valence-corrected chi connectivity index (χ3v) is 2.82. The summed E-state index contributed by atoms with van der Waals surface area (Å²) in [5.41, 5.74) is 2.33. The van der Waals surface area contributed by atoms with Crippen molar-refractivity contribution in [2.45, 2.75) is 0 Å². The lowest BCUT2D eigenvalue weighted by atomic mass is 10.1. The third-order valence-electron chi connectivity index (χ3n) is 2.03. The fourth-order valence-corrected chi connectivity index (χ4v) is 1.86. The van der Waals surface area contributed by atoms with Crippen LogP contribution in [0.25, 0.3) is 0 Å². The first kappa shape index (κ1) is 9.34. The molecule has 14 heavy (non-hydrogen) atoms. The van der Waals surface area contributed by atoms with Crippen LogP contribution in [-0.4, -0.2) is 24.4 Å². The zero-order chi connectivity index (χ0) is 9.97. The monoisotopic (exact) mass is 206 g/mol. The van der Waals surface area contributed by atoms with Crippen LogP contribution in [0.4, 0.5) is 0 Å². The molecule has 0 unspecified atom stereocenters. The third kappa shape index (κ3) is 1.82. The first-order chi connectivity index (χ1) is 6.77. The molecule has 1 aliphatic heterocycles. The van der Waals surface area contributed by atoms with Crippen LogP contribution in [0.5, 0.6) is 0 Å². The van der Waals surface area contributed by atoms with Crippen molar-refractivity contribution in [3.05, 3.63) is 46.6 Å². The topological polar surface area (TPSA) is 12.2 Å². The molecule has 0 bridgehead atoms. The molecule has 0 amide bonds. The van der Waals surface area contributed by atoms with Crippen molar-refractivity contribution >= 4 is 17.5 Å². The Bertz CT molecular complexity index is 368. The SMILES string of the molecule is C[N+](C)=C1C=CC(=C2OC=CS2)C=C1. The summed E-state index contributed by atoms with van der Waals surface area (Å²) in [5, 5.41) is 2.89. The van der Waals surface area contributed by atoms with Gasteiger partial charge < -0.3 is 4.74 Å². The summed E-state index contributed by atoms with van der Waals surface area (Å²) in [6.45, 7) is 0. The molecule has 0 fully saturated rings. The van der Waals surface area contributed by atoms with Crippen molar-refractivity contribution < 1.29 is 9.31 Å². The van der Waals surface area contributed by atoms with E-state index >= 15 is 0 Å². The van der Waals surface area contributed by atoms with Crippen LogP contribution in [0.15, 0.2) is 46.6 Å². The van der Waals surface area contributed by atoms with Gasteiger partial charge in [-0.3, -0.25) is 0 Å². The fraction of sp³-hybridized carbons (Fsp3) is 0.182. The highest BCUT2D eigenvalue weighted by Crippen LogP contribution is 2.30. The summed E-state index contributed by atoms with van der Waals surface area (Å²) < 4.78 is 7.40. The van der Waals surface area contributed by atoms with E-state index in [-0.39, 0.29) is 0 Å². The normalized spacial score (nSPS) is 19.1. The Balaban J connectivity index is 2.24. The average molecular weight is 206 g/mol. The van der Waals surface area contributed by atoms with E-state index in [1.54, 1.807) is 18.0 Å². The van der Waals surface area contributed by atoms with E-state index in [4.69, 9.17) is 4.74 Å². The van der Waals surface area contributed by atoms with Crippen LogP contribution in [0.2, 0.25) is 0 Å². The van der Waals surface area contributed by atoms with E-state index in [0.717, 1.165) is 10.7 Å². The predicted molar refractivity (Wildman–Crippen MR) is 60.2 cm³/mol. The molecular formula is C11H12NOS+. The average Bonchev–Trinajstić information content (AvgIpc) is 2.71. The Hall–Kier alpha value is -1.22. The van der Waals surface area contributed by atoms with Gasteiger partial charge in [-0.15, -0.1) is 0 Å². The molecule has 0 spiro atoms. The second kappa shape index (κ2) is 3.88. The summed E-state index contributed by atoms with van der Waals surface area (Å²) in [4.78, 5) is 0. The van der Waals surface area contributed by atoms with Gasteiger partial charge in [-0.1, -0.05) is 11.8 Å². The molecule has 0 saturated heterocycles. The molecular weight excluding hydrogens is 194 g/mol. The molecule has 0 atom stereocenters. The summed E-state index contributed by atoms with van der Waals surface area (Å²) in [6, 6.07) is 0. The smallest absolute Gasteiger partial charge is 0.199 e. The van der Waals surface area contributed by atoms with Gasteiger partial charge in [0.1, 0.15) is 14.1 Å². The molecule has 2 rings (SSSR count). The van der Waals surface area contributed by atoms with Crippen LogP contribution in [-0.2, 0) is 4.74 Å². The highest BCUT2D eigenvalue weighted by Gasteiger charge is 2.11. The minimum Gasteiger partial charge on any atom is -0.457 e. The number of thioether (sulfide) groups is 1. The first-order valence-corrected chi connectivity index (χ1v) is 5.28. The number of nitrogens with zero attached hydrogens (tertiary/aromatic N) is 1. The lowest BCUT2D eigenvalue weighted by Crippen LogP contribution is -2.09. The number of allylic oxidation sites excluding steroid dienone is 5. The van der Waals surface area contributed by atoms with Gasteiger partial charge in [0.2, 0.25) is 0 Å². The van der Waals surface area contributed by atoms with Gasteiger partial charge in [-0.05, 0) is 12.2 Å². The zero-order valence-corrected chi connectivity index (χ0v) is 9.04. The van der Waals surface area contributed by atoms with Crippen molar-refractivity contribution in [3.63, 3.8) is 0 Å². The largest absolute Gasteiger partial charge is 0.457 e. The molecule has 0 radical (unpaired) electrons. The lowest BCUT2D eigenvalue weighted by molar-refractivity contribution is -0.462. The Labute approximate surface area is 88.0 Å². The first-order valence-electron chi connectivity index (χ1n) is 4.40. The number of ether oxygens (including phenoxy) is 1. The van der Waals surface area contributed by atoms with Gasteiger partial charge in [0.05, 0.1) is 6.26 Å². The Morgan fingerprint density at radius 3 is 2.36 bits per heavy atom. The standard InChI is InChI=1S/C11H12NOS/c1-12(2)10-5-3-9(4-6-10)11-13-7-8-14-11/h3-8H,1-2H3/q+1. The minimum absolute atomic E-state index is 0.954.